The van der Waals surface area contributed by atoms with E-state index in [2.05, 4.69) is 16.3 Å². The first-order chi connectivity index (χ1) is 9.79. The Kier molecular flexibility index (Phi) is 5.39. The molecule has 0 aromatic heterocycles. The Balaban J connectivity index is 1.73. The molecule has 1 aromatic carbocycles. The van der Waals surface area contributed by atoms with Crippen LogP contribution in [0.2, 0.25) is 0 Å². The van der Waals surface area contributed by atoms with Crippen molar-refractivity contribution in [1.29, 1.82) is 5.26 Å². The molecule has 0 aliphatic carbocycles. The molecule has 1 amide bonds. The van der Waals surface area contributed by atoms with Gasteiger partial charge in [0.15, 0.2) is 0 Å². The minimum absolute atomic E-state index is 0.0956. The standard InChI is InChI=1S/C15H19N3O2/c16-11-13-5-1-2-6-14(13)20-10-4-9-18-8-3-7-17-15(19)12-18/h1-2,5-6H,3-4,7-10,12H2,(H,17,19). The lowest BCUT2D eigenvalue weighted by atomic mass is 10.2. The molecule has 0 bridgehead atoms. The number of nitrogens with one attached hydrogen (secondary N) is 1. The predicted octanol–water partition coefficient (Wildman–Crippen LogP) is 1.15. The Hall–Kier alpha value is -2.06. The third-order valence-corrected chi connectivity index (χ3v) is 3.22. The van der Waals surface area contributed by atoms with Crippen LogP contribution in [0.15, 0.2) is 24.3 Å². The first kappa shape index (κ1) is 14.4. The summed E-state index contributed by atoms with van der Waals surface area (Å²) >= 11 is 0. The van der Waals surface area contributed by atoms with Crippen molar-refractivity contribution >= 4 is 5.91 Å². The molecule has 0 atom stereocenters. The average Bonchev–Trinajstić information content (AvgIpc) is 2.68. The summed E-state index contributed by atoms with van der Waals surface area (Å²) in [7, 11) is 0. The van der Waals surface area contributed by atoms with Crippen LogP contribution in [-0.4, -0.2) is 43.6 Å². The number of carbonyl (C=O) groups excluding carboxylic acids is 1. The lowest BCUT2D eigenvalue weighted by Gasteiger charge is -2.18. The summed E-state index contributed by atoms with van der Waals surface area (Å²) in [5.41, 5.74) is 0.557. The quantitative estimate of drug-likeness (QED) is 0.817. The van der Waals surface area contributed by atoms with Crippen molar-refractivity contribution in [3.63, 3.8) is 0 Å². The van der Waals surface area contributed by atoms with E-state index < -0.39 is 0 Å². The van der Waals surface area contributed by atoms with E-state index in [0.29, 0.717) is 24.5 Å². The molecule has 20 heavy (non-hydrogen) atoms. The van der Waals surface area contributed by atoms with Gasteiger partial charge < -0.3 is 10.1 Å². The van der Waals surface area contributed by atoms with Gasteiger partial charge in [-0.15, -0.1) is 0 Å². The Bertz CT molecular complexity index is 496. The van der Waals surface area contributed by atoms with Crippen LogP contribution in [0.3, 0.4) is 0 Å². The summed E-state index contributed by atoms with van der Waals surface area (Å²) in [6, 6.07) is 9.34. The van der Waals surface area contributed by atoms with Gasteiger partial charge in [-0.25, -0.2) is 0 Å². The minimum atomic E-state index is 0.0956. The van der Waals surface area contributed by atoms with Gasteiger partial charge in [-0.05, 0) is 25.0 Å². The third-order valence-electron chi connectivity index (χ3n) is 3.22. The molecule has 0 radical (unpaired) electrons. The fraction of sp³-hybridized carbons (Fsp3) is 0.467. The van der Waals surface area contributed by atoms with Crippen LogP contribution in [0.5, 0.6) is 5.75 Å². The second-order valence-corrected chi connectivity index (χ2v) is 4.79. The Morgan fingerprint density at radius 1 is 1.40 bits per heavy atom. The number of ether oxygens (including phenoxy) is 1. The zero-order chi connectivity index (χ0) is 14.2. The largest absolute Gasteiger partial charge is 0.492 e. The van der Waals surface area contributed by atoms with Crippen molar-refractivity contribution in [3.05, 3.63) is 29.8 Å². The highest BCUT2D eigenvalue weighted by Crippen LogP contribution is 2.16. The predicted molar refractivity (Wildman–Crippen MR) is 75.3 cm³/mol. The molecule has 1 N–H and O–H groups in total. The molecule has 2 rings (SSSR count). The van der Waals surface area contributed by atoms with Gasteiger partial charge in [0.25, 0.3) is 0 Å². The Labute approximate surface area is 119 Å². The third kappa shape index (κ3) is 4.25. The van der Waals surface area contributed by atoms with Crippen LogP contribution in [0.25, 0.3) is 0 Å². The van der Waals surface area contributed by atoms with E-state index >= 15 is 0 Å². The first-order valence-electron chi connectivity index (χ1n) is 6.90. The molecule has 0 saturated carbocycles. The van der Waals surface area contributed by atoms with Gasteiger partial charge in [0.1, 0.15) is 11.8 Å². The zero-order valence-electron chi connectivity index (χ0n) is 11.5. The molecular weight excluding hydrogens is 254 g/mol. The summed E-state index contributed by atoms with van der Waals surface area (Å²) in [6.07, 6.45) is 1.83. The van der Waals surface area contributed by atoms with Gasteiger partial charge in [-0.1, -0.05) is 12.1 Å². The highest BCUT2D eigenvalue weighted by atomic mass is 16.5. The van der Waals surface area contributed by atoms with Crippen molar-refractivity contribution in [2.24, 2.45) is 0 Å². The highest BCUT2D eigenvalue weighted by molar-refractivity contribution is 5.78. The topological polar surface area (TPSA) is 65.4 Å². The number of rotatable bonds is 5. The number of hydrogen-bond donors (Lipinski definition) is 1. The number of carbonyl (C=O) groups is 1. The maximum Gasteiger partial charge on any atom is 0.234 e. The highest BCUT2D eigenvalue weighted by Gasteiger charge is 2.13. The van der Waals surface area contributed by atoms with E-state index in [4.69, 9.17) is 10.00 Å². The lowest BCUT2D eigenvalue weighted by molar-refractivity contribution is -0.121. The molecular formula is C15H19N3O2. The van der Waals surface area contributed by atoms with Crippen molar-refractivity contribution in [1.82, 2.24) is 10.2 Å². The van der Waals surface area contributed by atoms with Crippen LogP contribution in [-0.2, 0) is 4.79 Å². The average molecular weight is 273 g/mol. The zero-order valence-corrected chi connectivity index (χ0v) is 11.5. The SMILES string of the molecule is N#Cc1ccccc1OCCCN1CCCNC(=O)C1. The van der Waals surface area contributed by atoms with Gasteiger partial charge in [0, 0.05) is 19.6 Å². The smallest absolute Gasteiger partial charge is 0.234 e. The van der Waals surface area contributed by atoms with Crippen LogP contribution in [0.1, 0.15) is 18.4 Å². The molecule has 0 spiro atoms. The van der Waals surface area contributed by atoms with Gasteiger partial charge >= 0.3 is 0 Å². The van der Waals surface area contributed by atoms with Crippen molar-refractivity contribution in [3.8, 4) is 11.8 Å². The fourth-order valence-corrected chi connectivity index (χ4v) is 2.21. The number of amides is 1. The Morgan fingerprint density at radius 3 is 3.10 bits per heavy atom. The van der Waals surface area contributed by atoms with Crippen LogP contribution in [0.4, 0.5) is 0 Å². The van der Waals surface area contributed by atoms with Crippen LogP contribution in [0, 0.1) is 11.3 Å². The van der Waals surface area contributed by atoms with Crippen molar-refractivity contribution in [2.75, 3.05) is 32.8 Å². The molecule has 0 unspecified atom stereocenters. The molecule has 1 fully saturated rings. The summed E-state index contributed by atoms with van der Waals surface area (Å²) in [4.78, 5) is 13.6. The van der Waals surface area contributed by atoms with E-state index in [1.54, 1.807) is 12.1 Å². The number of hydrogen-bond acceptors (Lipinski definition) is 4. The Morgan fingerprint density at radius 2 is 2.25 bits per heavy atom. The van der Waals surface area contributed by atoms with Crippen molar-refractivity contribution < 1.29 is 9.53 Å². The fourth-order valence-electron chi connectivity index (χ4n) is 2.21. The molecule has 1 aromatic rings. The van der Waals surface area contributed by atoms with E-state index in [1.807, 2.05) is 12.1 Å². The maximum atomic E-state index is 11.4. The summed E-state index contributed by atoms with van der Waals surface area (Å²) in [5, 5.41) is 11.8. The monoisotopic (exact) mass is 273 g/mol. The van der Waals surface area contributed by atoms with Crippen LogP contribution < -0.4 is 10.1 Å². The van der Waals surface area contributed by atoms with Crippen molar-refractivity contribution in [2.45, 2.75) is 12.8 Å². The maximum absolute atomic E-state index is 11.4. The minimum Gasteiger partial charge on any atom is -0.492 e. The van der Waals surface area contributed by atoms with E-state index in [0.717, 1.165) is 32.5 Å². The second kappa shape index (κ2) is 7.51. The lowest BCUT2D eigenvalue weighted by Crippen LogP contribution is -2.34. The second-order valence-electron chi connectivity index (χ2n) is 4.79. The van der Waals surface area contributed by atoms with Gasteiger partial charge in [0.2, 0.25) is 5.91 Å². The van der Waals surface area contributed by atoms with E-state index in [-0.39, 0.29) is 5.91 Å². The van der Waals surface area contributed by atoms with Gasteiger partial charge in [-0.2, -0.15) is 5.26 Å². The molecule has 1 saturated heterocycles. The van der Waals surface area contributed by atoms with E-state index in [9.17, 15) is 4.79 Å². The summed E-state index contributed by atoms with van der Waals surface area (Å²) in [5.74, 6) is 0.724. The summed E-state index contributed by atoms with van der Waals surface area (Å²) < 4.78 is 5.63. The molecule has 106 valence electrons. The molecule has 5 nitrogen and oxygen atoms in total. The van der Waals surface area contributed by atoms with Crippen LogP contribution >= 0.6 is 0 Å². The van der Waals surface area contributed by atoms with Gasteiger partial charge in [0.05, 0.1) is 18.7 Å². The first-order valence-corrected chi connectivity index (χ1v) is 6.90. The number of nitriles is 1. The number of benzene rings is 1. The molecule has 1 aliphatic rings. The number of para-hydroxylation sites is 1. The summed E-state index contributed by atoms with van der Waals surface area (Å²) in [6.45, 7) is 3.56. The van der Waals surface area contributed by atoms with E-state index in [1.165, 1.54) is 0 Å². The number of nitrogens with zero attached hydrogens (tertiary/aromatic N) is 2. The molecule has 1 aliphatic heterocycles. The van der Waals surface area contributed by atoms with Gasteiger partial charge in [-0.3, -0.25) is 9.69 Å². The molecule has 5 heteroatoms. The molecule has 1 heterocycles. The normalized spacial score (nSPS) is 16.1.